The SMILES string of the molecule is C/C=C/c1cc(Oc2cc3c(Nc4cccc(Cl)c4F)ncnc3cc2OC)ccn1. The van der Waals surface area contributed by atoms with Crippen LogP contribution in [0, 0.1) is 5.82 Å². The lowest BCUT2D eigenvalue weighted by Crippen LogP contribution is -1.99. The van der Waals surface area contributed by atoms with Crippen LogP contribution in [0.5, 0.6) is 17.2 Å². The van der Waals surface area contributed by atoms with Crippen LogP contribution in [0.25, 0.3) is 17.0 Å². The smallest absolute Gasteiger partial charge is 0.170 e. The summed E-state index contributed by atoms with van der Waals surface area (Å²) in [5.74, 6) is 1.39. The van der Waals surface area contributed by atoms with Crippen molar-refractivity contribution in [1.82, 2.24) is 15.0 Å². The minimum absolute atomic E-state index is 0.0173. The lowest BCUT2D eigenvalue weighted by atomic mass is 10.2. The zero-order valence-electron chi connectivity index (χ0n) is 16.8. The Bertz CT molecular complexity index is 1280. The van der Waals surface area contributed by atoms with Crippen LogP contribution in [0.1, 0.15) is 12.6 Å². The second-order valence-corrected chi connectivity index (χ2v) is 6.89. The molecule has 2 aromatic carbocycles. The van der Waals surface area contributed by atoms with Crippen molar-refractivity contribution in [3.05, 3.63) is 77.6 Å². The normalized spacial score (nSPS) is 11.1. The predicted molar refractivity (Wildman–Crippen MR) is 120 cm³/mol. The van der Waals surface area contributed by atoms with Crippen molar-refractivity contribution in [2.45, 2.75) is 6.92 Å². The van der Waals surface area contributed by atoms with Gasteiger partial charge < -0.3 is 14.8 Å². The molecule has 0 unspecified atom stereocenters. The van der Waals surface area contributed by atoms with Crippen molar-refractivity contribution >= 4 is 40.1 Å². The standard InChI is InChI=1S/C23H18ClFN4O2/c1-3-5-14-10-15(8-9-26-14)31-21-11-16-19(12-20(21)30-2)27-13-28-23(16)29-18-7-4-6-17(24)22(18)25/h3-13H,1-2H3,(H,27,28,29)/b5-3+. The van der Waals surface area contributed by atoms with E-state index in [1.54, 1.807) is 43.6 Å². The monoisotopic (exact) mass is 436 g/mol. The minimum Gasteiger partial charge on any atom is -0.493 e. The van der Waals surface area contributed by atoms with Crippen molar-refractivity contribution < 1.29 is 13.9 Å². The summed E-state index contributed by atoms with van der Waals surface area (Å²) < 4.78 is 25.9. The van der Waals surface area contributed by atoms with Gasteiger partial charge in [-0.15, -0.1) is 0 Å². The number of allylic oxidation sites excluding steroid dienone is 1. The largest absolute Gasteiger partial charge is 0.493 e. The molecule has 2 heterocycles. The van der Waals surface area contributed by atoms with Gasteiger partial charge in [0.15, 0.2) is 17.3 Å². The summed E-state index contributed by atoms with van der Waals surface area (Å²) in [7, 11) is 1.55. The molecular formula is C23H18ClFN4O2. The maximum atomic E-state index is 14.4. The fourth-order valence-electron chi connectivity index (χ4n) is 3.01. The molecular weight excluding hydrogens is 419 g/mol. The summed E-state index contributed by atoms with van der Waals surface area (Å²) in [6.45, 7) is 1.92. The zero-order chi connectivity index (χ0) is 21.8. The summed E-state index contributed by atoms with van der Waals surface area (Å²) in [5, 5.41) is 3.63. The van der Waals surface area contributed by atoms with Gasteiger partial charge in [-0.05, 0) is 37.3 Å². The van der Waals surface area contributed by atoms with Gasteiger partial charge in [-0.3, -0.25) is 4.98 Å². The maximum Gasteiger partial charge on any atom is 0.170 e. The maximum absolute atomic E-state index is 14.4. The Hall–Kier alpha value is -3.71. The average molecular weight is 437 g/mol. The first-order valence-corrected chi connectivity index (χ1v) is 9.77. The first-order chi connectivity index (χ1) is 15.1. The molecule has 8 heteroatoms. The number of nitrogens with zero attached hydrogens (tertiary/aromatic N) is 3. The quantitative estimate of drug-likeness (QED) is 0.377. The van der Waals surface area contributed by atoms with E-state index in [0.717, 1.165) is 5.69 Å². The van der Waals surface area contributed by atoms with Gasteiger partial charge in [0, 0.05) is 23.7 Å². The molecule has 4 aromatic rings. The van der Waals surface area contributed by atoms with Crippen LogP contribution in [0.3, 0.4) is 0 Å². The fraction of sp³-hybridized carbons (Fsp3) is 0.0870. The van der Waals surface area contributed by atoms with Crippen LogP contribution in [0.4, 0.5) is 15.9 Å². The first-order valence-electron chi connectivity index (χ1n) is 9.39. The highest BCUT2D eigenvalue weighted by Crippen LogP contribution is 2.37. The van der Waals surface area contributed by atoms with Crippen LogP contribution in [-0.2, 0) is 0 Å². The topological polar surface area (TPSA) is 69.2 Å². The molecule has 0 saturated heterocycles. The number of anilines is 2. The third-order valence-corrected chi connectivity index (χ3v) is 4.74. The molecule has 0 spiro atoms. The van der Waals surface area contributed by atoms with Crippen LogP contribution >= 0.6 is 11.6 Å². The van der Waals surface area contributed by atoms with Gasteiger partial charge in [-0.25, -0.2) is 14.4 Å². The molecule has 0 atom stereocenters. The van der Waals surface area contributed by atoms with E-state index in [1.807, 2.05) is 25.1 Å². The van der Waals surface area contributed by atoms with Crippen molar-refractivity contribution in [3.63, 3.8) is 0 Å². The molecule has 31 heavy (non-hydrogen) atoms. The van der Waals surface area contributed by atoms with Crippen LogP contribution in [0.2, 0.25) is 5.02 Å². The number of methoxy groups -OCH3 is 1. The Balaban J connectivity index is 1.77. The number of benzene rings is 2. The molecule has 0 fully saturated rings. The van der Waals surface area contributed by atoms with E-state index < -0.39 is 5.82 Å². The number of pyridine rings is 1. The molecule has 0 aliphatic carbocycles. The van der Waals surface area contributed by atoms with E-state index in [4.69, 9.17) is 21.1 Å². The number of hydrogen-bond donors (Lipinski definition) is 1. The van der Waals surface area contributed by atoms with E-state index in [1.165, 1.54) is 12.4 Å². The van der Waals surface area contributed by atoms with Crippen LogP contribution < -0.4 is 14.8 Å². The summed E-state index contributed by atoms with van der Waals surface area (Å²) in [6.07, 6.45) is 6.82. The highest BCUT2D eigenvalue weighted by molar-refractivity contribution is 6.31. The summed E-state index contributed by atoms with van der Waals surface area (Å²) in [5.41, 5.74) is 1.58. The summed E-state index contributed by atoms with van der Waals surface area (Å²) in [6, 6.07) is 11.8. The number of ether oxygens (including phenoxy) is 2. The Morgan fingerprint density at radius 2 is 1.94 bits per heavy atom. The van der Waals surface area contributed by atoms with E-state index >= 15 is 0 Å². The van der Waals surface area contributed by atoms with E-state index in [-0.39, 0.29) is 10.7 Å². The molecule has 6 nitrogen and oxygen atoms in total. The highest BCUT2D eigenvalue weighted by atomic mass is 35.5. The van der Waals surface area contributed by atoms with Crippen molar-refractivity contribution in [2.24, 2.45) is 0 Å². The molecule has 156 valence electrons. The van der Waals surface area contributed by atoms with Gasteiger partial charge in [0.25, 0.3) is 0 Å². The number of aromatic nitrogens is 3. The number of nitrogens with one attached hydrogen (secondary N) is 1. The average Bonchev–Trinajstić information content (AvgIpc) is 2.77. The third-order valence-electron chi connectivity index (χ3n) is 4.44. The van der Waals surface area contributed by atoms with Crippen molar-refractivity contribution in [3.8, 4) is 17.2 Å². The molecule has 1 N–H and O–H groups in total. The van der Waals surface area contributed by atoms with Gasteiger partial charge in [0.05, 0.1) is 29.0 Å². The molecule has 4 rings (SSSR count). The second-order valence-electron chi connectivity index (χ2n) is 6.49. The van der Waals surface area contributed by atoms with E-state index in [0.29, 0.717) is 34.0 Å². The van der Waals surface area contributed by atoms with Crippen molar-refractivity contribution in [2.75, 3.05) is 12.4 Å². The molecule has 0 amide bonds. The Labute approximate surface area is 183 Å². The van der Waals surface area contributed by atoms with Gasteiger partial charge >= 0.3 is 0 Å². The van der Waals surface area contributed by atoms with E-state index in [2.05, 4.69) is 20.3 Å². The lowest BCUT2D eigenvalue weighted by Gasteiger charge is -2.14. The predicted octanol–water partition coefficient (Wildman–Crippen LogP) is 6.39. The second kappa shape index (κ2) is 8.97. The summed E-state index contributed by atoms with van der Waals surface area (Å²) in [4.78, 5) is 12.8. The number of halogens is 2. The number of fused-ring (bicyclic) bond motifs is 1. The fourth-order valence-corrected chi connectivity index (χ4v) is 3.19. The Morgan fingerprint density at radius 1 is 1.06 bits per heavy atom. The minimum atomic E-state index is -0.561. The van der Waals surface area contributed by atoms with Gasteiger partial charge in [-0.1, -0.05) is 23.7 Å². The van der Waals surface area contributed by atoms with Gasteiger partial charge in [0.1, 0.15) is 17.9 Å². The van der Waals surface area contributed by atoms with Gasteiger partial charge in [-0.2, -0.15) is 0 Å². The third kappa shape index (κ3) is 4.41. The molecule has 0 radical (unpaired) electrons. The zero-order valence-corrected chi connectivity index (χ0v) is 17.5. The van der Waals surface area contributed by atoms with Gasteiger partial charge in [0.2, 0.25) is 0 Å². The number of rotatable bonds is 6. The number of hydrogen-bond acceptors (Lipinski definition) is 6. The Morgan fingerprint density at radius 3 is 2.74 bits per heavy atom. The Kier molecular flexibility index (Phi) is 5.95. The lowest BCUT2D eigenvalue weighted by molar-refractivity contribution is 0.379. The van der Waals surface area contributed by atoms with Crippen LogP contribution in [-0.4, -0.2) is 22.1 Å². The summed E-state index contributed by atoms with van der Waals surface area (Å²) >= 11 is 5.89. The molecule has 0 aliphatic rings. The van der Waals surface area contributed by atoms with E-state index in [9.17, 15) is 4.39 Å². The highest BCUT2D eigenvalue weighted by Gasteiger charge is 2.14. The molecule has 0 bridgehead atoms. The first kappa shape index (κ1) is 20.6. The molecule has 2 aromatic heterocycles. The molecule has 0 saturated carbocycles. The van der Waals surface area contributed by atoms with Crippen molar-refractivity contribution in [1.29, 1.82) is 0 Å². The van der Waals surface area contributed by atoms with Crippen LogP contribution in [0.15, 0.2) is 61.1 Å². The molecule has 0 aliphatic heterocycles.